The van der Waals surface area contributed by atoms with E-state index in [9.17, 15) is 4.79 Å². The minimum absolute atomic E-state index is 0. The van der Waals surface area contributed by atoms with Crippen molar-refractivity contribution in [1.29, 1.82) is 0 Å². The van der Waals surface area contributed by atoms with Crippen LogP contribution in [0.15, 0.2) is 17.5 Å². The highest BCUT2D eigenvalue weighted by Gasteiger charge is 2.34. The zero-order chi connectivity index (χ0) is 14.0. The highest BCUT2D eigenvalue weighted by Crippen LogP contribution is 2.30. The molecule has 2 N–H and O–H groups in total. The minimum Gasteiger partial charge on any atom is -0.344 e. The average Bonchev–Trinajstić information content (AvgIpc) is 2.81. The fourth-order valence-corrected chi connectivity index (χ4v) is 2.84. The molecule has 0 bridgehead atoms. The first kappa shape index (κ1) is 18.4. The molecule has 0 aliphatic rings. The number of thiophene rings is 1. The number of rotatable bonds is 5. The molecule has 0 unspecified atom stereocenters. The van der Waals surface area contributed by atoms with Crippen LogP contribution in [0.1, 0.15) is 32.6 Å². The predicted octanol–water partition coefficient (Wildman–Crippen LogP) is 2.89. The van der Waals surface area contributed by atoms with E-state index < -0.39 is 5.41 Å². The Hall–Kier alpha value is -0.580. The van der Waals surface area contributed by atoms with Gasteiger partial charge in [-0.15, -0.1) is 23.7 Å². The van der Waals surface area contributed by atoms with Gasteiger partial charge in [0.05, 0.1) is 5.41 Å². The second-order valence-electron chi connectivity index (χ2n) is 6.13. The van der Waals surface area contributed by atoms with Gasteiger partial charge in [0.15, 0.2) is 0 Å². The lowest BCUT2D eigenvalue weighted by atomic mass is 9.87. The number of hydrogen-bond acceptors (Lipinski definition) is 3. The number of nitrogens with zero attached hydrogens (tertiary/aromatic N) is 1. The Morgan fingerprint density at radius 2 is 1.95 bits per heavy atom. The van der Waals surface area contributed by atoms with Crippen LogP contribution in [0, 0.1) is 5.41 Å². The molecule has 1 aromatic rings. The molecule has 0 fully saturated rings. The first-order chi connectivity index (χ1) is 8.20. The molecule has 0 saturated heterocycles. The van der Waals surface area contributed by atoms with Crippen LogP contribution in [-0.4, -0.2) is 30.9 Å². The Kier molecular flexibility index (Phi) is 6.52. The third-order valence-corrected chi connectivity index (χ3v) is 4.43. The predicted molar refractivity (Wildman–Crippen MR) is 85.1 cm³/mol. The van der Waals surface area contributed by atoms with Crippen molar-refractivity contribution < 1.29 is 4.79 Å². The monoisotopic (exact) mass is 304 g/mol. The average molecular weight is 305 g/mol. The zero-order valence-corrected chi connectivity index (χ0v) is 14.0. The summed E-state index contributed by atoms with van der Waals surface area (Å²) in [6, 6.07) is 4.00. The van der Waals surface area contributed by atoms with Gasteiger partial charge >= 0.3 is 0 Å². The molecule has 0 radical (unpaired) electrons. The number of carbonyl (C=O) groups is 1. The second-order valence-corrected chi connectivity index (χ2v) is 7.08. The molecule has 3 nitrogen and oxygen atoms in total. The fraction of sp³-hybridized carbons (Fsp3) is 0.643. The van der Waals surface area contributed by atoms with Gasteiger partial charge in [-0.3, -0.25) is 4.79 Å². The quantitative estimate of drug-likeness (QED) is 0.909. The van der Waals surface area contributed by atoms with Gasteiger partial charge in [-0.25, -0.2) is 0 Å². The number of likely N-dealkylation sites (N-methyl/N-ethyl adjacent to an activating group) is 1. The molecular formula is C14H25ClN2OS. The molecule has 0 aromatic carbocycles. The van der Waals surface area contributed by atoms with Gasteiger partial charge in [0.2, 0.25) is 5.91 Å². The molecule has 1 amide bonds. The van der Waals surface area contributed by atoms with Crippen LogP contribution in [0.5, 0.6) is 0 Å². The van der Waals surface area contributed by atoms with Gasteiger partial charge in [-0.05, 0) is 37.3 Å². The number of amides is 1. The molecule has 1 rings (SSSR count). The molecule has 0 atom stereocenters. The number of nitrogens with two attached hydrogens (primary N) is 1. The van der Waals surface area contributed by atoms with Gasteiger partial charge in [-0.2, -0.15) is 0 Å². The summed E-state index contributed by atoms with van der Waals surface area (Å²) >= 11 is 1.63. The van der Waals surface area contributed by atoms with Crippen LogP contribution in [0.25, 0.3) is 0 Å². The molecule has 0 aliphatic carbocycles. The van der Waals surface area contributed by atoms with Crippen molar-refractivity contribution in [3.8, 4) is 0 Å². The normalized spacial score (nSPS) is 11.9. The van der Waals surface area contributed by atoms with E-state index in [2.05, 4.69) is 13.8 Å². The van der Waals surface area contributed by atoms with Crippen LogP contribution in [0.3, 0.4) is 0 Å². The number of halogens is 1. The van der Waals surface area contributed by atoms with E-state index in [0.717, 1.165) is 4.88 Å². The van der Waals surface area contributed by atoms with E-state index in [0.29, 0.717) is 13.1 Å². The Morgan fingerprint density at radius 3 is 2.37 bits per heavy atom. The highest BCUT2D eigenvalue weighted by atomic mass is 35.5. The van der Waals surface area contributed by atoms with E-state index in [1.165, 1.54) is 0 Å². The Labute approximate surface area is 126 Å². The zero-order valence-electron chi connectivity index (χ0n) is 12.4. The van der Waals surface area contributed by atoms with Gasteiger partial charge in [0, 0.05) is 18.5 Å². The van der Waals surface area contributed by atoms with E-state index in [-0.39, 0.29) is 23.7 Å². The van der Waals surface area contributed by atoms with E-state index >= 15 is 0 Å². The first-order valence-corrected chi connectivity index (χ1v) is 7.08. The molecule has 110 valence electrons. The summed E-state index contributed by atoms with van der Waals surface area (Å²) in [4.78, 5) is 15.4. The van der Waals surface area contributed by atoms with Crippen molar-refractivity contribution in [1.82, 2.24) is 4.90 Å². The molecule has 0 aliphatic heterocycles. The maximum absolute atomic E-state index is 12.5. The van der Waals surface area contributed by atoms with Crippen molar-refractivity contribution in [3.63, 3.8) is 0 Å². The first-order valence-electron chi connectivity index (χ1n) is 6.20. The fourth-order valence-electron chi connectivity index (χ4n) is 2.00. The van der Waals surface area contributed by atoms with Crippen molar-refractivity contribution in [2.75, 3.05) is 20.1 Å². The van der Waals surface area contributed by atoms with Crippen LogP contribution in [0.4, 0.5) is 0 Å². The van der Waals surface area contributed by atoms with Gasteiger partial charge in [0.1, 0.15) is 0 Å². The molecule has 19 heavy (non-hydrogen) atoms. The van der Waals surface area contributed by atoms with Gasteiger partial charge < -0.3 is 10.6 Å². The highest BCUT2D eigenvalue weighted by molar-refractivity contribution is 7.10. The van der Waals surface area contributed by atoms with Crippen LogP contribution < -0.4 is 5.73 Å². The summed E-state index contributed by atoms with van der Waals surface area (Å²) < 4.78 is 0. The lowest BCUT2D eigenvalue weighted by Gasteiger charge is -2.34. The molecule has 1 aromatic heterocycles. The van der Waals surface area contributed by atoms with Gasteiger partial charge in [0.25, 0.3) is 0 Å². The van der Waals surface area contributed by atoms with Crippen LogP contribution >= 0.6 is 23.7 Å². The van der Waals surface area contributed by atoms with E-state index in [1.807, 2.05) is 38.4 Å². The summed E-state index contributed by atoms with van der Waals surface area (Å²) in [5.74, 6) is 0.145. The lowest BCUT2D eigenvalue weighted by Crippen LogP contribution is -2.46. The molecule has 0 saturated carbocycles. The maximum Gasteiger partial charge on any atom is 0.233 e. The third kappa shape index (κ3) is 4.48. The summed E-state index contributed by atoms with van der Waals surface area (Å²) in [6.07, 6.45) is 0. The largest absolute Gasteiger partial charge is 0.344 e. The molecule has 1 heterocycles. The van der Waals surface area contributed by atoms with E-state index in [1.54, 1.807) is 16.2 Å². The summed E-state index contributed by atoms with van der Waals surface area (Å²) in [7, 11) is 1.86. The van der Waals surface area contributed by atoms with Crippen molar-refractivity contribution in [3.05, 3.63) is 22.4 Å². The smallest absolute Gasteiger partial charge is 0.233 e. The maximum atomic E-state index is 12.5. The van der Waals surface area contributed by atoms with Crippen LogP contribution in [-0.2, 0) is 10.2 Å². The van der Waals surface area contributed by atoms with Crippen molar-refractivity contribution in [2.24, 2.45) is 11.1 Å². The van der Waals surface area contributed by atoms with Crippen molar-refractivity contribution >= 4 is 29.7 Å². The minimum atomic E-state index is -0.465. The second kappa shape index (κ2) is 6.73. The van der Waals surface area contributed by atoms with Gasteiger partial charge in [-0.1, -0.05) is 19.9 Å². The Morgan fingerprint density at radius 1 is 1.37 bits per heavy atom. The van der Waals surface area contributed by atoms with Crippen molar-refractivity contribution in [2.45, 2.75) is 33.1 Å². The Balaban J connectivity index is 0.00000324. The number of hydrogen-bond donors (Lipinski definition) is 1. The summed E-state index contributed by atoms with van der Waals surface area (Å²) in [5, 5.41) is 2.01. The molecule has 5 heteroatoms. The lowest BCUT2D eigenvalue weighted by molar-refractivity contribution is -0.136. The topological polar surface area (TPSA) is 46.3 Å². The third-order valence-electron chi connectivity index (χ3n) is 3.24. The summed E-state index contributed by atoms with van der Waals surface area (Å²) in [5.41, 5.74) is 5.21. The van der Waals surface area contributed by atoms with E-state index in [4.69, 9.17) is 5.73 Å². The molecular weight excluding hydrogens is 280 g/mol. The van der Waals surface area contributed by atoms with Crippen LogP contribution in [0.2, 0.25) is 0 Å². The number of carbonyl (C=O) groups excluding carboxylic acids is 1. The SMILES string of the molecule is CN(CC(C)(C)CN)C(=O)C(C)(C)c1cccs1.Cl. The summed E-state index contributed by atoms with van der Waals surface area (Å²) in [6.45, 7) is 9.37. The molecule has 0 spiro atoms. The standard InChI is InChI=1S/C14H24N2OS.ClH/c1-13(2,9-15)10-16(5)12(17)14(3,4)11-7-6-8-18-11;/h6-8H,9-10,15H2,1-5H3;1H. The Bertz CT molecular complexity index is 402.